The van der Waals surface area contributed by atoms with Crippen LogP contribution in [0.25, 0.3) is 11.3 Å². The van der Waals surface area contributed by atoms with Crippen LogP contribution in [0, 0.1) is 0 Å². The second kappa shape index (κ2) is 8.56. The van der Waals surface area contributed by atoms with Crippen LogP contribution in [-0.4, -0.2) is 26.9 Å². The molecule has 0 aliphatic rings. The van der Waals surface area contributed by atoms with E-state index < -0.39 is 6.36 Å². The van der Waals surface area contributed by atoms with Crippen molar-refractivity contribution in [3.05, 3.63) is 60.4 Å². The Balaban J connectivity index is 1.92. The fourth-order valence-corrected chi connectivity index (χ4v) is 2.61. The molecule has 158 valence electrons. The average Bonchev–Trinajstić information content (AvgIpc) is 2.64. The van der Waals surface area contributed by atoms with Crippen LogP contribution in [0.3, 0.4) is 0 Å². The number of halogens is 3. The molecule has 30 heavy (non-hydrogen) atoms. The minimum absolute atomic E-state index is 0.307. The number of nitrogens with one attached hydrogen (secondary N) is 2. The van der Waals surface area contributed by atoms with Gasteiger partial charge < -0.3 is 15.4 Å². The van der Waals surface area contributed by atoms with Crippen LogP contribution >= 0.6 is 0 Å². The zero-order chi connectivity index (χ0) is 21.8. The summed E-state index contributed by atoms with van der Waals surface area (Å²) in [5.74, 6) is 0.553. The molecule has 2 aromatic heterocycles. The fourth-order valence-electron chi connectivity index (χ4n) is 2.61. The van der Waals surface area contributed by atoms with Gasteiger partial charge in [-0.05, 0) is 45.0 Å². The van der Waals surface area contributed by atoms with Crippen molar-refractivity contribution in [3.63, 3.8) is 0 Å². The molecule has 0 amide bonds. The van der Waals surface area contributed by atoms with Gasteiger partial charge in [0.25, 0.3) is 0 Å². The lowest BCUT2D eigenvalue weighted by Gasteiger charge is -2.21. The Morgan fingerprint density at radius 1 is 0.967 bits per heavy atom. The first-order valence-corrected chi connectivity index (χ1v) is 9.25. The predicted octanol–water partition coefficient (Wildman–Crippen LogP) is 5.26. The second-order valence-electron chi connectivity index (χ2n) is 7.59. The van der Waals surface area contributed by atoms with Crippen molar-refractivity contribution >= 4 is 11.8 Å². The summed E-state index contributed by atoms with van der Waals surface area (Å²) in [7, 11) is 0. The molecular formula is C21H22F3N5O. The minimum atomic E-state index is -4.77. The van der Waals surface area contributed by atoms with E-state index >= 15 is 0 Å². The van der Waals surface area contributed by atoms with Gasteiger partial charge in [0.2, 0.25) is 5.95 Å². The SMILES string of the molecule is CC(C)(C)Nc1nc(NCc2ccccn2)cc(-c2cccc(OC(F)(F)F)c2)n1. The molecule has 0 atom stereocenters. The Bertz CT molecular complexity index is 988. The van der Waals surface area contributed by atoms with E-state index in [4.69, 9.17) is 0 Å². The highest BCUT2D eigenvalue weighted by Crippen LogP contribution is 2.29. The lowest BCUT2D eigenvalue weighted by Crippen LogP contribution is -2.27. The molecule has 0 aliphatic carbocycles. The average molecular weight is 417 g/mol. The van der Waals surface area contributed by atoms with Gasteiger partial charge in [0, 0.05) is 23.4 Å². The first kappa shape index (κ1) is 21.4. The highest BCUT2D eigenvalue weighted by atomic mass is 19.4. The van der Waals surface area contributed by atoms with Crippen LogP contribution < -0.4 is 15.4 Å². The zero-order valence-corrected chi connectivity index (χ0v) is 16.8. The predicted molar refractivity (Wildman–Crippen MR) is 109 cm³/mol. The van der Waals surface area contributed by atoms with Gasteiger partial charge in [-0.1, -0.05) is 18.2 Å². The summed E-state index contributed by atoms with van der Waals surface area (Å²) in [6.45, 7) is 6.31. The summed E-state index contributed by atoms with van der Waals surface area (Å²) < 4.78 is 41.8. The number of pyridine rings is 1. The molecule has 2 heterocycles. The van der Waals surface area contributed by atoms with E-state index in [0.717, 1.165) is 5.69 Å². The monoisotopic (exact) mass is 417 g/mol. The molecule has 6 nitrogen and oxygen atoms in total. The smallest absolute Gasteiger partial charge is 0.406 e. The lowest BCUT2D eigenvalue weighted by atomic mass is 10.1. The number of benzene rings is 1. The quantitative estimate of drug-likeness (QED) is 0.570. The van der Waals surface area contributed by atoms with Gasteiger partial charge in [0.15, 0.2) is 0 Å². The summed E-state index contributed by atoms with van der Waals surface area (Å²) in [6.07, 6.45) is -3.07. The van der Waals surface area contributed by atoms with Crippen LogP contribution in [0.5, 0.6) is 5.75 Å². The molecule has 3 aromatic rings. The van der Waals surface area contributed by atoms with E-state index in [1.807, 2.05) is 39.0 Å². The molecule has 0 aliphatic heterocycles. The Morgan fingerprint density at radius 3 is 2.43 bits per heavy atom. The maximum Gasteiger partial charge on any atom is 0.573 e. The number of hydrogen-bond donors (Lipinski definition) is 2. The number of ether oxygens (including phenoxy) is 1. The van der Waals surface area contributed by atoms with E-state index in [-0.39, 0.29) is 11.3 Å². The Labute approximate surface area is 172 Å². The van der Waals surface area contributed by atoms with Gasteiger partial charge in [0.05, 0.1) is 17.9 Å². The Morgan fingerprint density at radius 2 is 1.77 bits per heavy atom. The number of nitrogens with zero attached hydrogens (tertiary/aromatic N) is 3. The fraction of sp³-hybridized carbons (Fsp3) is 0.286. The van der Waals surface area contributed by atoms with Crippen molar-refractivity contribution in [2.45, 2.75) is 39.2 Å². The van der Waals surface area contributed by atoms with E-state index in [9.17, 15) is 13.2 Å². The molecule has 0 bridgehead atoms. The van der Waals surface area contributed by atoms with E-state index in [0.29, 0.717) is 29.6 Å². The summed E-state index contributed by atoms with van der Waals surface area (Å²) in [4.78, 5) is 13.2. The third kappa shape index (κ3) is 6.61. The molecule has 0 saturated heterocycles. The standard InChI is InChI=1S/C21H22F3N5O/c1-20(2,3)29-19-27-17(14-7-6-9-16(11-14)30-21(22,23)24)12-18(28-19)26-13-15-8-4-5-10-25-15/h4-12H,13H2,1-3H3,(H2,26,27,28,29). The molecule has 1 aromatic carbocycles. The third-order valence-electron chi connectivity index (χ3n) is 3.75. The maximum absolute atomic E-state index is 12.6. The second-order valence-corrected chi connectivity index (χ2v) is 7.59. The van der Waals surface area contributed by atoms with Crippen LogP contribution in [-0.2, 0) is 6.54 Å². The highest BCUT2D eigenvalue weighted by Gasteiger charge is 2.31. The molecule has 2 N–H and O–H groups in total. The van der Waals surface area contributed by atoms with Gasteiger partial charge >= 0.3 is 6.36 Å². The lowest BCUT2D eigenvalue weighted by molar-refractivity contribution is -0.274. The summed E-state index contributed by atoms with van der Waals surface area (Å²) in [5.41, 5.74) is 1.44. The Kier molecular flexibility index (Phi) is 6.09. The number of aromatic nitrogens is 3. The third-order valence-corrected chi connectivity index (χ3v) is 3.75. The summed E-state index contributed by atoms with van der Waals surface area (Å²) in [5, 5.41) is 6.38. The Hall–Kier alpha value is -3.36. The number of rotatable bonds is 6. The minimum Gasteiger partial charge on any atom is -0.406 e. The van der Waals surface area contributed by atoms with Crippen molar-refractivity contribution in [2.24, 2.45) is 0 Å². The normalized spacial score (nSPS) is 11.8. The first-order chi connectivity index (χ1) is 14.1. The number of alkyl halides is 3. The van der Waals surface area contributed by atoms with Crippen molar-refractivity contribution < 1.29 is 17.9 Å². The maximum atomic E-state index is 12.6. The van der Waals surface area contributed by atoms with E-state index in [2.05, 4.69) is 30.3 Å². The zero-order valence-electron chi connectivity index (χ0n) is 16.8. The summed E-state index contributed by atoms with van der Waals surface area (Å²) >= 11 is 0. The van der Waals surface area contributed by atoms with Crippen LogP contribution in [0.1, 0.15) is 26.5 Å². The van der Waals surface area contributed by atoms with E-state index in [1.54, 1.807) is 18.3 Å². The molecule has 0 radical (unpaired) electrons. The van der Waals surface area contributed by atoms with Crippen LogP contribution in [0.15, 0.2) is 54.7 Å². The van der Waals surface area contributed by atoms with Gasteiger partial charge in [-0.25, -0.2) is 4.98 Å². The van der Waals surface area contributed by atoms with E-state index in [1.165, 1.54) is 18.2 Å². The molecule has 0 fully saturated rings. The van der Waals surface area contributed by atoms with Gasteiger partial charge in [0.1, 0.15) is 11.6 Å². The van der Waals surface area contributed by atoms with Crippen LogP contribution in [0.4, 0.5) is 24.9 Å². The number of hydrogen-bond acceptors (Lipinski definition) is 6. The molecule has 9 heteroatoms. The van der Waals surface area contributed by atoms with Gasteiger partial charge in [-0.15, -0.1) is 13.2 Å². The van der Waals surface area contributed by atoms with Crippen LogP contribution in [0.2, 0.25) is 0 Å². The summed E-state index contributed by atoms with van der Waals surface area (Å²) in [6, 6.07) is 12.9. The molecule has 0 unspecified atom stereocenters. The van der Waals surface area contributed by atoms with Crippen molar-refractivity contribution in [1.29, 1.82) is 0 Å². The van der Waals surface area contributed by atoms with Crippen molar-refractivity contribution in [3.8, 4) is 17.0 Å². The molecule has 3 rings (SSSR count). The van der Waals surface area contributed by atoms with Gasteiger partial charge in [-0.3, -0.25) is 4.98 Å². The molecule has 0 spiro atoms. The topological polar surface area (TPSA) is 72.0 Å². The van der Waals surface area contributed by atoms with Crippen molar-refractivity contribution in [1.82, 2.24) is 15.0 Å². The highest BCUT2D eigenvalue weighted by molar-refractivity contribution is 5.66. The molecule has 0 saturated carbocycles. The van der Waals surface area contributed by atoms with Crippen molar-refractivity contribution in [2.75, 3.05) is 10.6 Å². The largest absolute Gasteiger partial charge is 0.573 e. The number of anilines is 2. The molecular weight excluding hydrogens is 395 g/mol. The first-order valence-electron chi connectivity index (χ1n) is 9.25. The van der Waals surface area contributed by atoms with Gasteiger partial charge in [-0.2, -0.15) is 4.98 Å².